The number of thiophene rings is 1. The minimum Gasteiger partial charge on any atom is -0.441 e. The molecule has 0 unspecified atom stereocenters. The molecule has 4 rings (SSSR count). The van der Waals surface area contributed by atoms with Crippen LogP contribution in [0, 0.1) is 13.8 Å². The molecule has 0 fully saturated rings. The fourth-order valence-electron chi connectivity index (χ4n) is 2.96. The summed E-state index contributed by atoms with van der Waals surface area (Å²) in [6, 6.07) is 20.3. The highest BCUT2D eigenvalue weighted by Gasteiger charge is 2.28. The number of aromatic nitrogens is 1. The van der Waals surface area contributed by atoms with Crippen molar-refractivity contribution in [1.82, 2.24) is 4.98 Å². The second kappa shape index (κ2) is 7.85. The molecular formula is C22H20N2O3S2. The van der Waals surface area contributed by atoms with Crippen LogP contribution < -0.4 is 4.31 Å². The van der Waals surface area contributed by atoms with Gasteiger partial charge in [-0.2, -0.15) is 0 Å². The van der Waals surface area contributed by atoms with E-state index in [4.69, 9.17) is 4.42 Å². The molecule has 0 bridgehead atoms. The van der Waals surface area contributed by atoms with Crippen molar-refractivity contribution in [2.24, 2.45) is 0 Å². The van der Waals surface area contributed by atoms with Crippen LogP contribution >= 0.6 is 11.3 Å². The number of rotatable bonds is 6. The van der Waals surface area contributed by atoms with E-state index in [2.05, 4.69) is 4.98 Å². The van der Waals surface area contributed by atoms with Crippen molar-refractivity contribution in [2.75, 3.05) is 4.31 Å². The van der Waals surface area contributed by atoms with E-state index in [-0.39, 0.29) is 6.54 Å². The summed E-state index contributed by atoms with van der Waals surface area (Å²) in [5.41, 5.74) is 3.09. The number of oxazole rings is 1. The molecule has 29 heavy (non-hydrogen) atoms. The largest absolute Gasteiger partial charge is 0.441 e. The number of nitrogens with zero attached hydrogens (tertiary/aromatic N) is 2. The first kappa shape index (κ1) is 19.4. The van der Waals surface area contributed by atoms with Gasteiger partial charge in [0, 0.05) is 5.56 Å². The Kier molecular flexibility index (Phi) is 5.25. The lowest BCUT2D eigenvalue weighted by atomic mass is 10.2. The Morgan fingerprint density at radius 1 is 0.966 bits per heavy atom. The second-order valence-corrected chi connectivity index (χ2v) is 9.70. The van der Waals surface area contributed by atoms with Crippen LogP contribution in [0.15, 0.2) is 80.7 Å². The summed E-state index contributed by atoms with van der Waals surface area (Å²) >= 11 is 1.20. The molecule has 0 aliphatic carbocycles. The molecule has 0 saturated heterocycles. The standard InChI is InChI=1S/C22H20N2O3S2/c1-16-10-12-19(13-11-16)24(29(25,26)21-9-6-14-28-21)15-20-17(2)27-22(23-20)18-7-4-3-5-8-18/h3-14H,15H2,1-2H3. The van der Waals surface area contributed by atoms with Gasteiger partial charge in [-0.05, 0) is 49.6 Å². The van der Waals surface area contributed by atoms with E-state index >= 15 is 0 Å². The lowest BCUT2D eigenvalue weighted by Gasteiger charge is -2.23. The third kappa shape index (κ3) is 3.97. The Morgan fingerprint density at radius 3 is 2.34 bits per heavy atom. The zero-order valence-electron chi connectivity index (χ0n) is 16.1. The predicted octanol–water partition coefficient (Wildman–Crippen LogP) is 5.42. The zero-order chi connectivity index (χ0) is 20.4. The van der Waals surface area contributed by atoms with Gasteiger partial charge >= 0.3 is 0 Å². The fraction of sp³-hybridized carbons (Fsp3) is 0.136. The number of aryl methyl sites for hydroxylation is 2. The third-order valence-corrected chi connectivity index (χ3v) is 7.72. The molecule has 0 saturated carbocycles. The Labute approximate surface area is 174 Å². The Morgan fingerprint density at radius 2 is 1.69 bits per heavy atom. The molecule has 5 nitrogen and oxygen atoms in total. The topological polar surface area (TPSA) is 63.4 Å². The Bertz CT molecular complexity index is 1200. The zero-order valence-corrected chi connectivity index (χ0v) is 17.7. The van der Waals surface area contributed by atoms with Crippen LogP contribution in [0.1, 0.15) is 17.0 Å². The normalized spacial score (nSPS) is 11.5. The van der Waals surface area contributed by atoms with Gasteiger partial charge in [-0.1, -0.05) is 42.0 Å². The van der Waals surface area contributed by atoms with Crippen LogP contribution in [0.4, 0.5) is 5.69 Å². The Balaban J connectivity index is 1.75. The van der Waals surface area contributed by atoms with Crippen LogP contribution in [0.2, 0.25) is 0 Å². The molecule has 0 spiro atoms. The van der Waals surface area contributed by atoms with E-state index in [0.29, 0.717) is 27.2 Å². The molecular weight excluding hydrogens is 404 g/mol. The molecule has 2 aromatic heterocycles. The molecule has 148 valence electrons. The highest BCUT2D eigenvalue weighted by molar-refractivity contribution is 7.94. The maximum atomic E-state index is 13.3. The SMILES string of the molecule is Cc1ccc(N(Cc2nc(-c3ccccc3)oc2C)S(=O)(=O)c2cccs2)cc1. The van der Waals surface area contributed by atoms with Gasteiger partial charge in [0.2, 0.25) is 5.89 Å². The van der Waals surface area contributed by atoms with Crippen molar-refractivity contribution < 1.29 is 12.8 Å². The minimum atomic E-state index is -3.72. The van der Waals surface area contributed by atoms with Crippen molar-refractivity contribution in [3.63, 3.8) is 0 Å². The van der Waals surface area contributed by atoms with Gasteiger partial charge in [-0.3, -0.25) is 4.31 Å². The van der Waals surface area contributed by atoms with E-state index in [0.717, 1.165) is 11.1 Å². The van der Waals surface area contributed by atoms with Crippen molar-refractivity contribution in [2.45, 2.75) is 24.6 Å². The predicted molar refractivity (Wildman–Crippen MR) is 116 cm³/mol. The number of sulfonamides is 1. The quantitative estimate of drug-likeness (QED) is 0.415. The van der Waals surface area contributed by atoms with Crippen LogP contribution in [-0.4, -0.2) is 13.4 Å². The number of hydrogen-bond donors (Lipinski definition) is 0. The highest BCUT2D eigenvalue weighted by Crippen LogP contribution is 2.30. The summed E-state index contributed by atoms with van der Waals surface area (Å²) < 4.78 is 34.2. The summed E-state index contributed by atoms with van der Waals surface area (Å²) in [5, 5.41) is 1.76. The molecule has 0 N–H and O–H groups in total. The molecule has 7 heteroatoms. The fourth-order valence-corrected chi connectivity index (χ4v) is 5.49. The van der Waals surface area contributed by atoms with E-state index in [1.165, 1.54) is 15.6 Å². The summed E-state index contributed by atoms with van der Waals surface area (Å²) in [6.07, 6.45) is 0. The van der Waals surface area contributed by atoms with E-state index in [1.54, 1.807) is 24.4 Å². The molecule has 0 aliphatic heterocycles. The number of benzene rings is 2. The average molecular weight is 425 g/mol. The van der Waals surface area contributed by atoms with Gasteiger partial charge in [0.1, 0.15) is 15.7 Å². The van der Waals surface area contributed by atoms with Crippen LogP contribution in [-0.2, 0) is 16.6 Å². The Hall–Kier alpha value is -2.90. The molecule has 0 radical (unpaired) electrons. The first-order chi connectivity index (χ1) is 13.9. The lowest BCUT2D eigenvalue weighted by molar-refractivity contribution is 0.539. The third-order valence-electron chi connectivity index (χ3n) is 4.57. The van der Waals surface area contributed by atoms with Gasteiger partial charge in [0.25, 0.3) is 10.0 Å². The van der Waals surface area contributed by atoms with Crippen molar-refractivity contribution in [3.8, 4) is 11.5 Å². The minimum absolute atomic E-state index is 0.0888. The maximum absolute atomic E-state index is 13.3. The van der Waals surface area contributed by atoms with E-state index < -0.39 is 10.0 Å². The molecule has 0 amide bonds. The monoisotopic (exact) mass is 424 g/mol. The number of anilines is 1. The summed E-state index contributed by atoms with van der Waals surface area (Å²) in [7, 11) is -3.72. The molecule has 0 atom stereocenters. The summed E-state index contributed by atoms with van der Waals surface area (Å²) in [6.45, 7) is 3.86. The van der Waals surface area contributed by atoms with Gasteiger partial charge in [0.05, 0.1) is 12.2 Å². The average Bonchev–Trinajstić information content (AvgIpc) is 3.38. The first-order valence-electron chi connectivity index (χ1n) is 9.10. The van der Waals surface area contributed by atoms with Crippen molar-refractivity contribution >= 4 is 27.0 Å². The van der Waals surface area contributed by atoms with Crippen LogP contribution in [0.3, 0.4) is 0 Å². The second-order valence-electron chi connectivity index (χ2n) is 6.67. The highest BCUT2D eigenvalue weighted by atomic mass is 32.2. The van der Waals surface area contributed by atoms with Crippen molar-refractivity contribution in [1.29, 1.82) is 0 Å². The molecule has 2 aromatic carbocycles. The maximum Gasteiger partial charge on any atom is 0.274 e. The molecule has 0 aliphatic rings. The smallest absolute Gasteiger partial charge is 0.274 e. The van der Waals surface area contributed by atoms with Gasteiger partial charge in [-0.25, -0.2) is 13.4 Å². The van der Waals surface area contributed by atoms with Gasteiger partial charge < -0.3 is 4.42 Å². The van der Waals surface area contributed by atoms with Crippen LogP contribution in [0.25, 0.3) is 11.5 Å². The summed E-state index contributed by atoms with van der Waals surface area (Å²) in [4.78, 5) is 4.59. The van der Waals surface area contributed by atoms with Crippen LogP contribution in [0.5, 0.6) is 0 Å². The lowest BCUT2D eigenvalue weighted by Crippen LogP contribution is -2.30. The van der Waals surface area contributed by atoms with Gasteiger partial charge in [-0.15, -0.1) is 11.3 Å². The number of hydrogen-bond acceptors (Lipinski definition) is 5. The molecule has 4 aromatic rings. The van der Waals surface area contributed by atoms with Crippen molar-refractivity contribution in [3.05, 3.63) is 89.1 Å². The summed E-state index contributed by atoms with van der Waals surface area (Å²) in [5.74, 6) is 1.08. The van der Waals surface area contributed by atoms with Gasteiger partial charge in [0.15, 0.2) is 0 Å². The first-order valence-corrected chi connectivity index (χ1v) is 11.4. The van der Waals surface area contributed by atoms with E-state index in [1.807, 2.05) is 61.5 Å². The molecule has 2 heterocycles. The van der Waals surface area contributed by atoms with E-state index in [9.17, 15) is 8.42 Å².